The van der Waals surface area contributed by atoms with E-state index in [9.17, 15) is 10.1 Å². The molecule has 0 aliphatic rings. The number of pyridine rings is 1. The molecule has 2 heterocycles. The molecule has 0 bridgehead atoms. The molecule has 0 amide bonds. The fourth-order valence-corrected chi connectivity index (χ4v) is 3.76. The molecule has 0 fully saturated rings. The van der Waals surface area contributed by atoms with Crippen molar-refractivity contribution in [2.45, 2.75) is 6.92 Å². The summed E-state index contributed by atoms with van der Waals surface area (Å²) in [5.74, 6) is 0. The summed E-state index contributed by atoms with van der Waals surface area (Å²) < 4.78 is 4.36. The van der Waals surface area contributed by atoms with Crippen LogP contribution in [0.25, 0.3) is 33.5 Å². The van der Waals surface area contributed by atoms with Gasteiger partial charge >= 0.3 is 0 Å². The van der Waals surface area contributed by atoms with Gasteiger partial charge in [-0.3, -0.25) is 10.1 Å². The number of hydrogen-bond donors (Lipinski definition) is 0. The molecule has 0 atom stereocenters. The molecule has 29 heavy (non-hydrogen) atoms. The highest BCUT2D eigenvalue weighted by molar-refractivity contribution is 5.78. The Balaban J connectivity index is 1.83. The quantitative estimate of drug-likeness (QED) is 0.244. The summed E-state index contributed by atoms with van der Waals surface area (Å²) >= 11 is 0. The minimum absolute atomic E-state index is 0.0878. The molecular weight excluding hydrogens is 362 g/mol. The van der Waals surface area contributed by atoms with Crippen molar-refractivity contribution in [3.63, 3.8) is 0 Å². The molecule has 140 valence electrons. The SMILES string of the molecule is Cc1ccc(-n2c(-c3ccc([N+](=O)[O-])cc3)c[n+]3c4ccccc4ccc23)cc1. The maximum atomic E-state index is 11.1. The van der Waals surface area contributed by atoms with E-state index in [4.69, 9.17) is 0 Å². The van der Waals surface area contributed by atoms with E-state index < -0.39 is 0 Å². The zero-order chi connectivity index (χ0) is 20.0. The number of imidazole rings is 1. The molecule has 0 aliphatic heterocycles. The number of benzene rings is 3. The summed E-state index contributed by atoms with van der Waals surface area (Å²) in [7, 11) is 0. The van der Waals surface area contributed by atoms with Crippen LogP contribution in [-0.2, 0) is 0 Å². The Morgan fingerprint density at radius 1 is 0.862 bits per heavy atom. The second kappa shape index (κ2) is 6.56. The van der Waals surface area contributed by atoms with Gasteiger partial charge in [-0.1, -0.05) is 35.9 Å². The first kappa shape index (κ1) is 17.1. The van der Waals surface area contributed by atoms with E-state index in [2.05, 4.69) is 70.6 Å². The van der Waals surface area contributed by atoms with Gasteiger partial charge in [0, 0.05) is 29.1 Å². The number of rotatable bonds is 3. The van der Waals surface area contributed by atoms with Crippen LogP contribution < -0.4 is 4.40 Å². The number of fused-ring (bicyclic) bond motifs is 3. The molecular formula is C24H18N3O2+. The fraction of sp³-hybridized carbons (Fsp3) is 0.0417. The first-order valence-corrected chi connectivity index (χ1v) is 9.38. The summed E-state index contributed by atoms with van der Waals surface area (Å²) in [6, 6.07) is 27.6. The van der Waals surface area contributed by atoms with Crippen molar-refractivity contribution in [1.82, 2.24) is 4.57 Å². The van der Waals surface area contributed by atoms with Crippen LogP contribution in [0.5, 0.6) is 0 Å². The number of nitro benzene ring substituents is 1. The largest absolute Gasteiger partial charge is 0.292 e. The molecule has 0 N–H and O–H groups in total. The number of hydrogen-bond acceptors (Lipinski definition) is 2. The van der Waals surface area contributed by atoms with Crippen molar-refractivity contribution in [2.75, 3.05) is 0 Å². The molecule has 5 heteroatoms. The molecule has 0 spiro atoms. The number of nitrogens with zero attached hydrogens (tertiary/aromatic N) is 3. The number of para-hydroxylation sites is 1. The average Bonchev–Trinajstić information content (AvgIpc) is 3.14. The normalized spacial score (nSPS) is 11.2. The van der Waals surface area contributed by atoms with Crippen molar-refractivity contribution in [1.29, 1.82) is 0 Å². The van der Waals surface area contributed by atoms with Crippen LogP contribution in [0.4, 0.5) is 5.69 Å². The highest BCUT2D eigenvalue weighted by Gasteiger charge is 2.23. The second-order valence-corrected chi connectivity index (χ2v) is 7.11. The van der Waals surface area contributed by atoms with Gasteiger partial charge in [-0.25, -0.2) is 0 Å². The highest BCUT2D eigenvalue weighted by Crippen LogP contribution is 2.28. The Morgan fingerprint density at radius 2 is 1.59 bits per heavy atom. The smallest absolute Gasteiger partial charge is 0.258 e. The zero-order valence-electron chi connectivity index (χ0n) is 15.8. The molecule has 2 aromatic heterocycles. The predicted molar refractivity (Wildman–Crippen MR) is 113 cm³/mol. The molecule has 5 nitrogen and oxygen atoms in total. The van der Waals surface area contributed by atoms with Gasteiger partial charge in [-0.2, -0.15) is 8.97 Å². The lowest BCUT2D eigenvalue weighted by Crippen LogP contribution is -2.20. The second-order valence-electron chi connectivity index (χ2n) is 7.11. The predicted octanol–water partition coefficient (Wildman–Crippen LogP) is 5.25. The lowest BCUT2D eigenvalue weighted by molar-refractivity contribution is -0.479. The van der Waals surface area contributed by atoms with E-state index in [1.807, 2.05) is 12.1 Å². The van der Waals surface area contributed by atoms with Crippen LogP contribution in [0.15, 0.2) is 91.1 Å². The van der Waals surface area contributed by atoms with Crippen LogP contribution in [-0.4, -0.2) is 9.49 Å². The third-order valence-electron chi connectivity index (χ3n) is 5.24. The van der Waals surface area contributed by atoms with Gasteiger partial charge < -0.3 is 0 Å². The minimum Gasteiger partial charge on any atom is -0.258 e. The molecule has 5 aromatic rings. The Labute approximate surface area is 167 Å². The Bertz CT molecular complexity index is 1370. The van der Waals surface area contributed by atoms with Crippen LogP contribution in [0.2, 0.25) is 0 Å². The molecule has 0 aliphatic carbocycles. The average molecular weight is 380 g/mol. The first-order valence-electron chi connectivity index (χ1n) is 9.38. The maximum absolute atomic E-state index is 11.1. The molecule has 0 saturated carbocycles. The van der Waals surface area contributed by atoms with Gasteiger partial charge in [0.2, 0.25) is 0 Å². The van der Waals surface area contributed by atoms with Crippen molar-refractivity contribution >= 4 is 22.2 Å². The van der Waals surface area contributed by atoms with Gasteiger partial charge in [0.1, 0.15) is 17.4 Å². The first-order chi connectivity index (χ1) is 14.1. The fourth-order valence-electron chi connectivity index (χ4n) is 3.76. The van der Waals surface area contributed by atoms with E-state index >= 15 is 0 Å². The Morgan fingerprint density at radius 3 is 2.31 bits per heavy atom. The van der Waals surface area contributed by atoms with Crippen LogP contribution >= 0.6 is 0 Å². The van der Waals surface area contributed by atoms with E-state index in [1.165, 1.54) is 5.56 Å². The van der Waals surface area contributed by atoms with E-state index in [-0.39, 0.29) is 10.6 Å². The number of non-ortho nitro benzene ring substituents is 1. The van der Waals surface area contributed by atoms with Gasteiger partial charge in [0.05, 0.1) is 4.92 Å². The number of aryl methyl sites for hydroxylation is 1. The van der Waals surface area contributed by atoms with Gasteiger partial charge in [0.15, 0.2) is 5.69 Å². The number of nitro groups is 1. The van der Waals surface area contributed by atoms with Gasteiger partial charge in [-0.15, -0.1) is 0 Å². The van der Waals surface area contributed by atoms with E-state index in [1.54, 1.807) is 24.3 Å². The van der Waals surface area contributed by atoms with Crippen molar-refractivity contribution in [3.8, 4) is 16.9 Å². The lowest BCUT2D eigenvalue weighted by Gasteiger charge is -2.04. The summed E-state index contributed by atoms with van der Waals surface area (Å²) in [6.07, 6.45) is 2.10. The molecule has 0 saturated heterocycles. The Kier molecular flexibility index (Phi) is 3.88. The maximum Gasteiger partial charge on any atom is 0.292 e. The third-order valence-corrected chi connectivity index (χ3v) is 5.24. The third kappa shape index (κ3) is 2.84. The standard InChI is InChI=1S/C24H18N3O2/c1-17-6-11-20(12-7-17)26-23(19-8-13-21(14-9-19)27(28)29)16-25-22-5-3-2-4-18(22)10-15-24(25)26/h2-16H,1H3/q+1. The highest BCUT2D eigenvalue weighted by atomic mass is 16.6. The van der Waals surface area contributed by atoms with Crippen LogP contribution in [0, 0.1) is 17.0 Å². The molecule has 0 radical (unpaired) electrons. The summed E-state index contributed by atoms with van der Waals surface area (Å²) in [5.41, 5.74) is 6.36. The lowest BCUT2D eigenvalue weighted by atomic mass is 10.1. The van der Waals surface area contributed by atoms with Crippen LogP contribution in [0.1, 0.15) is 5.56 Å². The monoisotopic (exact) mass is 380 g/mol. The van der Waals surface area contributed by atoms with Crippen molar-refractivity contribution in [3.05, 3.63) is 107 Å². The zero-order valence-corrected chi connectivity index (χ0v) is 15.8. The minimum atomic E-state index is -0.373. The molecule has 3 aromatic carbocycles. The van der Waals surface area contributed by atoms with Gasteiger partial charge in [-0.05, 0) is 43.3 Å². The summed E-state index contributed by atoms with van der Waals surface area (Å²) in [5, 5.41) is 12.2. The van der Waals surface area contributed by atoms with E-state index in [0.29, 0.717) is 0 Å². The summed E-state index contributed by atoms with van der Waals surface area (Å²) in [6.45, 7) is 2.07. The molecule has 0 unspecified atom stereocenters. The topological polar surface area (TPSA) is 52.2 Å². The summed E-state index contributed by atoms with van der Waals surface area (Å²) in [4.78, 5) is 10.7. The number of aromatic nitrogens is 2. The van der Waals surface area contributed by atoms with Gasteiger partial charge in [0.25, 0.3) is 11.3 Å². The van der Waals surface area contributed by atoms with Crippen LogP contribution in [0.3, 0.4) is 0 Å². The van der Waals surface area contributed by atoms with Crippen molar-refractivity contribution in [2.24, 2.45) is 0 Å². The molecule has 5 rings (SSSR count). The van der Waals surface area contributed by atoms with E-state index in [0.717, 1.165) is 33.5 Å². The van der Waals surface area contributed by atoms with Crippen molar-refractivity contribution < 1.29 is 9.32 Å². The Hall–Kier alpha value is -3.99.